The zero-order valence-corrected chi connectivity index (χ0v) is 40.9. The zero-order valence-electron chi connectivity index (χ0n) is 40.9. The second kappa shape index (κ2) is 21.1. The highest BCUT2D eigenvalue weighted by Gasteiger charge is 2.38. The summed E-state index contributed by atoms with van der Waals surface area (Å²) >= 11 is 0. The van der Waals surface area contributed by atoms with Gasteiger partial charge in [0.05, 0.1) is 54.8 Å². The second-order valence-corrected chi connectivity index (χ2v) is 18.6. The largest absolute Gasteiger partial charge is 0.493 e. The summed E-state index contributed by atoms with van der Waals surface area (Å²) < 4.78 is 23.3. The number of methoxy groups -OCH3 is 2. The zero-order chi connectivity index (χ0) is 50.6. The number of aliphatic imine (C=N–C) groups is 2. The highest BCUT2D eigenvalue weighted by Crippen LogP contribution is 2.42. The summed E-state index contributed by atoms with van der Waals surface area (Å²) in [6.07, 6.45) is 6.10. The Labute approximate surface area is 417 Å². The molecule has 4 atom stereocenters. The van der Waals surface area contributed by atoms with Gasteiger partial charge in [0, 0.05) is 79.6 Å². The van der Waals surface area contributed by atoms with E-state index in [9.17, 15) is 28.8 Å². The van der Waals surface area contributed by atoms with Gasteiger partial charge in [-0.1, -0.05) is 43.3 Å². The van der Waals surface area contributed by atoms with E-state index in [1.807, 2.05) is 67.7 Å². The number of aryl methyl sites for hydroxylation is 1. The van der Waals surface area contributed by atoms with Crippen molar-refractivity contribution in [2.24, 2.45) is 15.9 Å². The first-order chi connectivity index (χ1) is 34.8. The van der Waals surface area contributed by atoms with Crippen LogP contribution >= 0.6 is 0 Å². The highest BCUT2D eigenvalue weighted by molar-refractivity contribution is 6.16. The molecule has 4 aliphatic heterocycles. The van der Waals surface area contributed by atoms with Crippen molar-refractivity contribution in [2.45, 2.75) is 97.1 Å². The van der Waals surface area contributed by atoms with Gasteiger partial charge in [-0.25, -0.2) is 0 Å². The van der Waals surface area contributed by atoms with Gasteiger partial charge in [-0.2, -0.15) is 0 Å². The standard InChI is InChI=1S/C56H56N6O10/c1-32-18-42-44(57-28-40-23-37-12-6-8-14-46(37)61(40)55(42)67)26-49(32)71-30-35-20-36(22-39(21-35)60-54(66)33(2)19-48(63)34(3)59-52(64)16-10-11-17-53(65)70-5)31-72-51-27-45-43(25-50(51)69-4)56(68)62-41(29-58-45)24-38-13-7-9-15-47(38)62/h6-9,12-15,18,20-22,25-29,33-34,40-41H,10-11,16-17,19,23-24,30-31H2,1-5H3,(H,59,64)(H,60,66)/t33-,34+,40+,41+/m1/s1. The van der Waals surface area contributed by atoms with Crippen LogP contribution in [0.15, 0.2) is 101 Å². The van der Waals surface area contributed by atoms with E-state index in [0.717, 1.165) is 28.1 Å². The van der Waals surface area contributed by atoms with Crippen LogP contribution in [-0.2, 0) is 50.0 Å². The first-order valence-electron chi connectivity index (χ1n) is 24.1. The molecule has 0 saturated heterocycles. The first-order valence-corrected chi connectivity index (χ1v) is 24.1. The van der Waals surface area contributed by atoms with Gasteiger partial charge in [0.1, 0.15) is 19.0 Å². The summed E-state index contributed by atoms with van der Waals surface area (Å²) in [7, 11) is 2.81. The van der Waals surface area contributed by atoms with Crippen molar-refractivity contribution >= 4 is 76.2 Å². The number of Topliss-reactive ketones (excluding diaryl/α,β-unsaturated/α-hetero) is 1. The lowest BCUT2D eigenvalue weighted by molar-refractivity contribution is -0.140. The fourth-order valence-corrected chi connectivity index (χ4v) is 9.60. The van der Waals surface area contributed by atoms with Crippen LogP contribution in [0.3, 0.4) is 0 Å². The van der Waals surface area contributed by atoms with E-state index in [0.29, 0.717) is 82.2 Å². The lowest BCUT2D eigenvalue weighted by atomic mass is 9.99. The number of nitrogens with zero attached hydrogens (tertiary/aromatic N) is 4. The number of rotatable bonds is 18. The molecule has 2 N–H and O–H groups in total. The minimum absolute atomic E-state index is 0.00901. The maximum absolute atomic E-state index is 14.1. The molecule has 4 aliphatic rings. The number of para-hydroxylation sites is 2. The van der Waals surface area contributed by atoms with Gasteiger partial charge >= 0.3 is 5.97 Å². The molecule has 0 fully saturated rings. The Morgan fingerprint density at radius 3 is 1.85 bits per heavy atom. The number of fused-ring (bicyclic) bond motifs is 8. The van der Waals surface area contributed by atoms with Gasteiger partial charge in [-0.3, -0.25) is 48.6 Å². The van der Waals surface area contributed by atoms with Gasteiger partial charge in [0.2, 0.25) is 11.8 Å². The first kappa shape index (κ1) is 48.9. The van der Waals surface area contributed by atoms with E-state index in [1.54, 1.807) is 66.3 Å². The molecule has 0 unspecified atom stereocenters. The molecule has 4 heterocycles. The highest BCUT2D eigenvalue weighted by atomic mass is 16.5. The Hall–Kier alpha value is -8.14. The van der Waals surface area contributed by atoms with Crippen molar-refractivity contribution in [3.63, 3.8) is 0 Å². The number of amides is 4. The van der Waals surface area contributed by atoms with E-state index in [4.69, 9.17) is 24.2 Å². The average molecular weight is 973 g/mol. The number of benzene rings is 5. The minimum Gasteiger partial charge on any atom is -0.493 e. The monoisotopic (exact) mass is 972 g/mol. The molecule has 0 aromatic heterocycles. The van der Waals surface area contributed by atoms with Gasteiger partial charge in [0.15, 0.2) is 17.3 Å². The van der Waals surface area contributed by atoms with Gasteiger partial charge in [-0.15, -0.1) is 0 Å². The lowest BCUT2D eigenvalue weighted by Crippen LogP contribution is -2.39. The van der Waals surface area contributed by atoms with Crippen LogP contribution in [0, 0.1) is 12.8 Å². The molecule has 5 aromatic rings. The molecule has 0 bridgehead atoms. The van der Waals surface area contributed by atoms with E-state index >= 15 is 0 Å². The van der Waals surface area contributed by atoms with Crippen LogP contribution in [0.1, 0.15) is 94.5 Å². The SMILES string of the molecule is COC(=O)CCCCC(=O)N[C@@H](C)C(=O)C[C@@H](C)C(=O)Nc1cc(COc2cc3c(cc2C)C(=O)N2c4ccccc4C[C@H]2C=N3)cc(COc2cc3c(cc2OC)C(=O)N2c4ccccc4C[C@H]2C=N3)c1. The molecule has 16 heteroatoms. The third-order valence-electron chi connectivity index (χ3n) is 13.5. The Kier molecular flexibility index (Phi) is 14.3. The Morgan fingerprint density at radius 1 is 0.694 bits per heavy atom. The Balaban J connectivity index is 0.924. The molecule has 4 amide bonds. The molecule has 0 spiro atoms. The number of carbonyl (C=O) groups excluding carboxylic acids is 6. The number of hydrogen-bond acceptors (Lipinski definition) is 12. The number of nitrogens with one attached hydrogen (secondary N) is 2. The smallest absolute Gasteiger partial charge is 0.305 e. The van der Waals surface area contributed by atoms with Gasteiger partial charge in [-0.05, 0) is 97.0 Å². The van der Waals surface area contributed by atoms with Crippen LogP contribution in [-0.4, -0.2) is 80.2 Å². The van der Waals surface area contributed by atoms with Crippen LogP contribution in [0.5, 0.6) is 17.2 Å². The normalized spacial score (nSPS) is 16.7. The van der Waals surface area contributed by atoms with Crippen molar-refractivity contribution in [3.8, 4) is 17.2 Å². The number of anilines is 3. The summed E-state index contributed by atoms with van der Waals surface area (Å²) in [4.78, 5) is 92.1. The van der Waals surface area contributed by atoms with E-state index in [1.165, 1.54) is 14.2 Å². The summed E-state index contributed by atoms with van der Waals surface area (Å²) in [6.45, 7) is 5.17. The molecule has 5 aromatic carbocycles. The molecule has 0 aliphatic carbocycles. The minimum atomic E-state index is -0.825. The summed E-state index contributed by atoms with van der Waals surface area (Å²) in [6, 6.07) is 26.8. The van der Waals surface area contributed by atoms with Crippen LogP contribution in [0.4, 0.5) is 28.4 Å². The summed E-state index contributed by atoms with van der Waals surface area (Å²) in [5.74, 6) is -1.27. The van der Waals surface area contributed by atoms with Gasteiger partial charge in [0.25, 0.3) is 11.8 Å². The van der Waals surface area contributed by atoms with E-state index in [2.05, 4.69) is 15.4 Å². The number of esters is 1. The molecule has 9 rings (SSSR count). The predicted octanol–water partition coefficient (Wildman–Crippen LogP) is 8.51. The maximum atomic E-state index is 14.1. The molecular weight excluding hydrogens is 917 g/mol. The molecular formula is C56H56N6O10. The molecule has 370 valence electrons. The second-order valence-electron chi connectivity index (χ2n) is 18.6. The van der Waals surface area contributed by atoms with Crippen LogP contribution < -0.4 is 34.6 Å². The molecule has 16 nitrogen and oxygen atoms in total. The van der Waals surface area contributed by atoms with Gasteiger partial charge < -0.3 is 29.6 Å². The third kappa shape index (κ3) is 10.3. The number of unbranched alkanes of at least 4 members (excludes halogenated alkanes) is 1. The van der Waals surface area contributed by atoms with Crippen molar-refractivity contribution in [1.29, 1.82) is 0 Å². The van der Waals surface area contributed by atoms with E-state index in [-0.39, 0.29) is 74.0 Å². The van der Waals surface area contributed by atoms with Crippen molar-refractivity contribution in [3.05, 3.63) is 130 Å². The van der Waals surface area contributed by atoms with Crippen LogP contribution in [0.25, 0.3) is 0 Å². The molecule has 0 saturated carbocycles. The predicted molar refractivity (Wildman–Crippen MR) is 273 cm³/mol. The maximum Gasteiger partial charge on any atom is 0.305 e. The van der Waals surface area contributed by atoms with E-state index < -0.39 is 17.9 Å². The number of ether oxygens (including phenoxy) is 4. The van der Waals surface area contributed by atoms with Crippen LogP contribution in [0.2, 0.25) is 0 Å². The fraction of sp³-hybridized carbons (Fsp3) is 0.321. The summed E-state index contributed by atoms with van der Waals surface area (Å²) in [5.41, 5.74) is 8.20. The van der Waals surface area contributed by atoms with Crippen molar-refractivity contribution < 1.29 is 47.7 Å². The van der Waals surface area contributed by atoms with Crippen molar-refractivity contribution in [1.82, 2.24) is 5.32 Å². The number of ketones is 1. The number of carbonyl (C=O) groups is 6. The third-order valence-corrected chi connectivity index (χ3v) is 13.5. The molecule has 72 heavy (non-hydrogen) atoms. The number of hydrogen-bond donors (Lipinski definition) is 2. The topological polar surface area (TPSA) is 195 Å². The van der Waals surface area contributed by atoms with Crippen molar-refractivity contribution in [2.75, 3.05) is 29.3 Å². The Bertz CT molecular complexity index is 3060. The summed E-state index contributed by atoms with van der Waals surface area (Å²) in [5, 5.41) is 5.67. The Morgan fingerprint density at radius 2 is 1.25 bits per heavy atom. The molecule has 0 radical (unpaired) electrons. The lowest BCUT2D eigenvalue weighted by Gasteiger charge is -2.22. The quantitative estimate of drug-likeness (QED) is 0.0635. The average Bonchev–Trinajstić information content (AvgIpc) is 3.87. The fourth-order valence-electron chi connectivity index (χ4n) is 9.60.